The number of aryl methyl sites for hydroxylation is 1. The molecular weight excluding hydrogens is 230 g/mol. The quantitative estimate of drug-likeness (QED) is 0.576. The molecule has 68 valence electrons. The van der Waals surface area contributed by atoms with Crippen molar-refractivity contribution in [2.24, 2.45) is 4.99 Å². The fraction of sp³-hybridized carbons (Fsp3) is 0.300. The van der Waals surface area contributed by atoms with Crippen molar-refractivity contribution in [2.75, 3.05) is 0 Å². The summed E-state index contributed by atoms with van der Waals surface area (Å²) in [6.45, 7) is 3.88. The monoisotopic (exact) mass is 239 g/mol. The number of isocyanates is 1. The van der Waals surface area contributed by atoms with E-state index in [-0.39, 0.29) is 6.04 Å². The van der Waals surface area contributed by atoms with Gasteiger partial charge < -0.3 is 0 Å². The summed E-state index contributed by atoms with van der Waals surface area (Å²) in [5.74, 6) is 0. The third-order valence-corrected chi connectivity index (χ3v) is 2.54. The number of aliphatic imine (C=N–C) groups is 1. The van der Waals surface area contributed by atoms with Crippen LogP contribution in [0, 0.1) is 6.92 Å². The summed E-state index contributed by atoms with van der Waals surface area (Å²) in [6.07, 6.45) is 1.56. The lowest BCUT2D eigenvalue weighted by Crippen LogP contribution is -1.91. The predicted molar refractivity (Wildman–Crippen MR) is 55.4 cm³/mol. The van der Waals surface area contributed by atoms with E-state index in [0.29, 0.717) is 0 Å². The molecular formula is C10H10BrNO. The minimum Gasteiger partial charge on any atom is -0.211 e. The van der Waals surface area contributed by atoms with Crippen LogP contribution in [0.4, 0.5) is 0 Å². The molecule has 0 saturated heterocycles. The Morgan fingerprint density at radius 2 is 2.23 bits per heavy atom. The molecule has 0 amide bonds. The highest BCUT2D eigenvalue weighted by atomic mass is 79.9. The van der Waals surface area contributed by atoms with Gasteiger partial charge in [0.15, 0.2) is 0 Å². The summed E-state index contributed by atoms with van der Waals surface area (Å²) in [6, 6.07) is 5.83. The number of carbonyl (C=O) groups excluding carboxylic acids is 1. The van der Waals surface area contributed by atoms with Gasteiger partial charge in [0.25, 0.3) is 0 Å². The predicted octanol–water partition coefficient (Wildman–Crippen LogP) is 3.15. The number of benzene rings is 1. The average Bonchev–Trinajstić information content (AvgIpc) is 2.04. The number of hydrogen-bond acceptors (Lipinski definition) is 2. The van der Waals surface area contributed by atoms with Gasteiger partial charge in [-0.25, -0.2) is 4.79 Å². The Morgan fingerprint density at radius 3 is 2.77 bits per heavy atom. The first kappa shape index (κ1) is 10.2. The molecule has 0 spiro atoms. The second-order valence-electron chi connectivity index (χ2n) is 2.92. The van der Waals surface area contributed by atoms with Gasteiger partial charge in [0.05, 0.1) is 6.04 Å². The zero-order valence-electron chi connectivity index (χ0n) is 7.54. The van der Waals surface area contributed by atoms with Gasteiger partial charge >= 0.3 is 0 Å². The Balaban J connectivity index is 3.08. The molecule has 0 saturated carbocycles. The van der Waals surface area contributed by atoms with Crippen LogP contribution in [-0.2, 0) is 4.79 Å². The lowest BCUT2D eigenvalue weighted by atomic mass is 10.1. The molecule has 0 heterocycles. The van der Waals surface area contributed by atoms with E-state index in [0.717, 1.165) is 10.0 Å². The topological polar surface area (TPSA) is 29.4 Å². The van der Waals surface area contributed by atoms with Crippen molar-refractivity contribution in [1.29, 1.82) is 0 Å². The lowest BCUT2D eigenvalue weighted by Gasteiger charge is -2.07. The maximum absolute atomic E-state index is 10.1. The Kier molecular flexibility index (Phi) is 3.40. The molecule has 0 aliphatic rings. The Bertz CT molecular complexity index is 356. The fourth-order valence-corrected chi connectivity index (χ4v) is 1.94. The molecule has 0 N–H and O–H groups in total. The molecule has 0 radical (unpaired) electrons. The molecule has 1 atom stereocenters. The molecule has 13 heavy (non-hydrogen) atoms. The Labute approximate surface area is 85.8 Å². The standard InChI is InChI=1S/C10H10BrNO/c1-7-3-4-9(10(11)5-7)8(2)12-6-13/h3-5,8H,1-2H3. The van der Waals surface area contributed by atoms with Gasteiger partial charge in [0, 0.05) is 4.47 Å². The first-order valence-electron chi connectivity index (χ1n) is 3.98. The van der Waals surface area contributed by atoms with E-state index in [4.69, 9.17) is 0 Å². The van der Waals surface area contributed by atoms with Crippen LogP contribution in [0.25, 0.3) is 0 Å². The number of rotatable bonds is 2. The highest BCUT2D eigenvalue weighted by Crippen LogP contribution is 2.26. The smallest absolute Gasteiger partial charge is 0.211 e. The van der Waals surface area contributed by atoms with Crippen molar-refractivity contribution in [1.82, 2.24) is 0 Å². The van der Waals surface area contributed by atoms with E-state index in [2.05, 4.69) is 20.9 Å². The van der Waals surface area contributed by atoms with Gasteiger partial charge in [-0.05, 0) is 31.0 Å². The summed E-state index contributed by atoms with van der Waals surface area (Å²) >= 11 is 3.43. The van der Waals surface area contributed by atoms with Crippen LogP contribution in [0.5, 0.6) is 0 Å². The van der Waals surface area contributed by atoms with E-state index >= 15 is 0 Å². The Hall–Kier alpha value is -0.920. The summed E-state index contributed by atoms with van der Waals surface area (Å²) in [7, 11) is 0. The molecule has 0 aliphatic carbocycles. The molecule has 2 nitrogen and oxygen atoms in total. The van der Waals surface area contributed by atoms with E-state index < -0.39 is 0 Å². The summed E-state index contributed by atoms with van der Waals surface area (Å²) in [4.78, 5) is 13.7. The zero-order chi connectivity index (χ0) is 9.84. The third-order valence-electron chi connectivity index (χ3n) is 1.85. The molecule has 0 bridgehead atoms. The van der Waals surface area contributed by atoms with Crippen molar-refractivity contribution in [2.45, 2.75) is 19.9 Å². The number of nitrogens with zero attached hydrogens (tertiary/aromatic N) is 1. The highest BCUT2D eigenvalue weighted by molar-refractivity contribution is 9.10. The largest absolute Gasteiger partial charge is 0.235 e. The van der Waals surface area contributed by atoms with Crippen LogP contribution in [0.3, 0.4) is 0 Å². The number of halogens is 1. The van der Waals surface area contributed by atoms with Crippen molar-refractivity contribution in [3.63, 3.8) is 0 Å². The van der Waals surface area contributed by atoms with Crippen molar-refractivity contribution in [3.8, 4) is 0 Å². The van der Waals surface area contributed by atoms with Crippen molar-refractivity contribution in [3.05, 3.63) is 33.8 Å². The van der Waals surface area contributed by atoms with Gasteiger partial charge in [0.2, 0.25) is 6.08 Å². The lowest BCUT2D eigenvalue weighted by molar-refractivity contribution is 0.559. The van der Waals surface area contributed by atoms with Gasteiger partial charge in [-0.15, -0.1) is 0 Å². The van der Waals surface area contributed by atoms with Crippen LogP contribution in [0.2, 0.25) is 0 Å². The van der Waals surface area contributed by atoms with Gasteiger partial charge in [-0.2, -0.15) is 4.99 Å². The molecule has 0 aliphatic heterocycles. The highest BCUT2D eigenvalue weighted by Gasteiger charge is 2.07. The van der Waals surface area contributed by atoms with Crippen LogP contribution >= 0.6 is 15.9 Å². The average molecular weight is 240 g/mol. The maximum atomic E-state index is 10.1. The second-order valence-corrected chi connectivity index (χ2v) is 3.78. The molecule has 1 unspecified atom stereocenters. The second kappa shape index (κ2) is 4.35. The third kappa shape index (κ3) is 2.51. The fourth-order valence-electron chi connectivity index (χ4n) is 1.12. The first-order valence-corrected chi connectivity index (χ1v) is 4.77. The van der Waals surface area contributed by atoms with Crippen molar-refractivity contribution >= 4 is 22.0 Å². The van der Waals surface area contributed by atoms with Crippen LogP contribution in [-0.4, -0.2) is 6.08 Å². The van der Waals surface area contributed by atoms with Gasteiger partial charge in [-0.1, -0.05) is 28.1 Å². The van der Waals surface area contributed by atoms with Crippen LogP contribution in [0.15, 0.2) is 27.7 Å². The minimum atomic E-state index is -0.132. The van der Waals surface area contributed by atoms with Crippen LogP contribution in [0.1, 0.15) is 24.1 Å². The summed E-state index contributed by atoms with van der Waals surface area (Å²) in [5, 5.41) is 0. The molecule has 0 aromatic heterocycles. The maximum Gasteiger partial charge on any atom is 0.235 e. The van der Waals surface area contributed by atoms with Gasteiger partial charge in [0.1, 0.15) is 0 Å². The molecule has 1 aromatic rings. The van der Waals surface area contributed by atoms with Crippen LogP contribution < -0.4 is 0 Å². The van der Waals surface area contributed by atoms with E-state index in [9.17, 15) is 4.79 Å². The Morgan fingerprint density at radius 1 is 1.54 bits per heavy atom. The summed E-state index contributed by atoms with van der Waals surface area (Å²) < 4.78 is 0.985. The first-order chi connectivity index (χ1) is 6.15. The normalized spacial score (nSPS) is 11.9. The zero-order valence-corrected chi connectivity index (χ0v) is 9.13. The van der Waals surface area contributed by atoms with Crippen molar-refractivity contribution < 1.29 is 4.79 Å². The molecule has 1 rings (SSSR count). The van der Waals surface area contributed by atoms with E-state index in [1.807, 2.05) is 32.0 Å². The van der Waals surface area contributed by atoms with E-state index in [1.165, 1.54) is 5.56 Å². The summed E-state index contributed by atoms with van der Waals surface area (Å²) in [5.41, 5.74) is 2.19. The van der Waals surface area contributed by atoms with Gasteiger partial charge in [-0.3, -0.25) is 0 Å². The minimum absolute atomic E-state index is 0.132. The molecule has 1 aromatic carbocycles. The SMILES string of the molecule is Cc1ccc(C(C)N=C=O)c(Br)c1. The molecule has 3 heteroatoms. The van der Waals surface area contributed by atoms with E-state index in [1.54, 1.807) is 6.08 Å². The number of hydrogen-bond donors (Lipinski definition) is 0. The molecule has 0 fully saturated rings.